The lowest BCUT2D eigenvalue weighted by Crippen LogP contribution is -2.28. The Morgan fingerprint density at radius 2 is 0.772 bits per heavy atom. The summed E-state index contributed by atoms with van der Waals surface area (Å²) >= 11 is 0. The summed E-state index contributed by atoms with van der Waals surface area (Å²) < 4.78 is 4.87. The molecule has 0 aliphatic heterocycles. The van der Waals surface area contributed by atoms with Gasteiger partial charge in [0, 0.05) is 32.9 Å². The van der Waals surface area contributed by atoms with E-state index in [1.54, 1.807) is 0 Å². The molecule has 0 spiro atoms. The smallest absolute Gasteiger partial charge is 0.0714 e. The molecule has 2 heterocycles. The second-order valence-corrected chi connectivity index (χ2v) is 15.3. The molecular weight excluding hydrogens is 689 g/mol. The van der Waals surface area contributed by atoms with Gasteiger partial charge in [-0.1, -0.05) is 158 Å². The van der Waals surface area contributed by atoms with Gasteiger partial charge in [-0.2, -0.15) is 0 Å². The molecule has 0 N–H and O–H groups in total. The molecule has 57 heavy (non-hydrogen) atoms. The van der Waals surface area contributed by atoms with Gasteiger partial charge in [0.05, 0.1) is 27.5 Å². The molecule has 0 unspecified atom stereocenters. The fourth-order valence-corrected chi connectivity index (χ4v) is 9.99. The number of nitrogens with zero attached hydrogens (tertiary/aromatic N) is 2. The first-order chi connectivity index (χ1) is 28.3. The molecule has 0 fully saturated rings. The van der Waals surface area contributed by atoms with Crippen molar-refractivity contribution >= 4 is 43.6 Å². The topological polar surface area (TPSA) is 9.86 Å². The van der Waals surface area contributed by atoms with Crippen LogP contribution in [0, 0.1) is 0 Å². The molecular formula is C55H36N2. The molecule has 266 valence electrons. The quantitative estimate of drug-likeness (QED) is 0.167. The van der Waals surface area contributed by atoms with Crippen molar-refractivity contribution in [2.75, 3.05) is 0 Å². The molecule has 9 aromatic carbocycles. The number of aromatic nitrogens is 2. The van der Waals surface area contributed by atoms with Crippen molar-refractivity contribution in [2.24, 2.45) is 0 Å². The molecule has 0 saturated carbocycles. The average Bonchev–Trinajstić information content (AvgIpc) is 3.90. The van der Waals surface area contributed by atoms with Gasteiger partial charge in [0.1, 0.15) is 0 Å². The number of hydrogen-bond acceptors (Lipinski definition) is 0. The minimum Gasteiger partial charge on any atom is -0.309 e. The van der Waals surface area contributed by atoms with Crippen molar-refractivity contribution in [3.63, 3.8) is 0 Å². The molecule has 0 radical (unpaired) electrons. The predicted octanol–water partition coefficient (Wildman–Crippen LogP) is 13.9. The minimum atomic E-state index is -0.474. The highest BCUT2D eigenvalue weighted by Crippen LogP contribution is 2.57. The maximum atomic E-state index is 2.50. The Kier molecular flexibility index (Phi) is 6.88. The van der Waals surface area contributed by atoms with Gasteiger partial charge in [-0.15, -0.1) is 0 Å². The van der Waals surface area contributed by atoms with Gasteiger partial charge in [-0.05, 0) is 105 Å². The summed E-state index contributed by atoms with van der Waals surface area (Å²) in [6.07, 6.45) is 0. The standard InChI is InChI=1S/C55H36N2/c1-5-17-39(18-6-1)55(40-19-7-2-8-20-40)49-27-15-13-25-43(49)46-35-48-47-33-37(30-32-52(47)57(54(48)36-50(46)55)42-23-11-4-12-24-42)38-29-31-45-44-26-14-16-28-51(44)56(53(45)34-38)41-21-9-3-10-22-41/h1-36H. The lowest BCUT2D eigenvalue weighted by molar-refractivity contribution is 0.769. The minimum absolute atomic E-state index is 0.474. The number of para-hydroxylation sites is 3. The molecule has 2 aromatic heterocycles. The second kappa shape index (κ2) is 12.3. The Balaban J connectivity index is 1.15. The molecule has 0 bridgehead atoms. The normalized spacial score (nSPS) is 13.1. The molecule has 11 aromatic rings. The zero-order chi connectivity index (χ0) is 37.5. The largest absolute Gasteiger partial charge is 0.309 e. The molecule has 1 aliphatic carbocycles. The Morgan fingerprint density at radius 3 is 1.46 bits per heavy atom. The molecule has 2 heteroatoms. The van der Waals surface area contributed by atoms with Crippen LogP contribution in [0.5, 0.6) is 0 Å². The van der Waals surface area contributed by atoms with Gasteiger partial charge in [-0.25, -0.2) is 0 Å². The second-order valence-electron chi connectivity index (χ2n) is 15.3. The van der Waals surface area contributed by atoms with E-state index < -0.39 is 5.41 Å². The van der Waals surface area contributed by atoms with E-state index in [-0.39, 0.29) is 0 Å². The third-order valence-corrected chi connectivity index (χ3v) is 12.4. The van der Waals surface area contributed by atoms with E-state index in [0.29, 0.717) is 0 Å². The molecule has 1 aliphatic rings. The van der Waals surface area contributed by atoms with E-state index in [0.717, 1.165) is 5.69 Å². The van der Waals surface area contributed by atoms with Crippen LogP contribution in [-0.4, -0.2) is 9.13 Å². The van der Waals surface area contributed by atoms with Crippen LogP contribution in [0.4, 0.5) is 0 Å². The monoisotopic (exact) mass is 724 g/mol. The van der Waals surface area contributed by atoms with Crippen LogP contribution in [0.2, 0.25) is 0 Å². The maximum absolute atomic E-state index is 2.50. The summed E-state index contributed by atoms with van der Waals surface area (Å²) in [5, 5.41) is 5.02. The SMILES string of the molecule is c1ccc(-n2c3ccccc3c3ccc(-c4ccc5c(c4)c4cc6c(cc4n5-c4ccccc4)C(c4ccccc4)(c4ccccc4)c4ccccc4-6)cc32)cc1. The Morgan fingerprint density at radius 1 is 0.281 bits per heavy atom. The van der Waals surface area contributed by atoms with Crippen molar-refractivity contribution in [3.05, 3.63) is 241 Å². The number of fused-ring (bicyclic) bond motifs is 9. The maximum Gasteiger partial charge on any atom is 0.0714 e. The Labute approximate surface area is 331 Å². The average molecular weight is 725 g/mol. The first-order valence-electron chi connectivity index (χ1n) is 19.8. The van der Waals surface area contributed by atoms with Crippen LogP contribution in [0.1, 0.15) is 22.3 Å². The molecule has 12 rings (SSSR count). The zero-order valence-electron chi connectivity index (χ0n) is 31.2. The molecule has 0 amide bonds. The summed E-state index contributed by atoms with van der Waals surface area (Å²) in [7, 11) is 0. The van der Waals surface area contributed by atoms with Gasteiger partial charge in [0.15, 0.2) is 0 Å². The van der Waals surface area contributed by atoms with Crippen molar-refractivity contribution in [1.29, 1.82) is 0 Å². The first kappa shape index (κ1) is 31.9. The van der Waals surface area contributed by atoms with Crippen molar-refractivity contribution in [2.45, 2.75) is 5.41 Å². The van der Waals surface area contributed by atoms with Crippen molar-refractivity contribution in [3.8, 4) is 33.6 Å². The van der Waals surface area contributed by atoms with E-state index in [2.05, 4.69) is 228 Å². The summed E-state index contributed by atoms with van der Waals surface area (Å²) in [6, 6.07) is 80.5. The third kappa shape index (κ3) is 4.53. The lowest BCUT2D eigenvalue weighted by Gasteiger charge is -2.34. The van der Waals surface area contributed by atoms with E-state index >= 15 is 0 Å². The summed E-state index contributed by atoms with van der Waals surface area (Å²) in [5.74, 6) is 0. The molecule has 0 atom stereocenters. The summed E-state index contributed by atoms with van der Waals surface area (Å²) in [6.45, 7) is 0. The molecule has 2 nitrogen and oxygen atoms in total. The highest BCUT2D eigenvalue weighted by Gasteiger charge is 2.46. The predicted molar refractivity (Wildman–Crippen MR) is 238 cm³/mol. The summed E-state index contributed by atoms with van der Waals surface area (Å²) in [5.41, 5.74) is 16.8. The van der Waals surface area contributed by atoms with Crippen LogP contribution in [0.15, 0.2) is 218 Å². The Hall–Kier alpha value is -7.42. The van der Waals surface area contributed by atoms with Gasteiger partial charge >= 0.3 is 0 Å². The molecule has 0 saturated heterocycles. The Bertz CT molecular complexity index is 3280. The van der Waals surface area contributed by atoms with Crippen LogP contribution in [-0.2, 0) is 5.41 Å². The van der Waals surface area contributed by atoms with Gasteiger partial charge in [0.25, 0.3) is 0 Å². The van der Waals surface area contributed by atoms with Crippen LogP contribution < -0.4 is 0 Å². The van der Waals surface area contributed by atoms with E-state index in [1.165, 1.54) is 93.8 Å². The van der Waals surface area contributed by atoms with E-state index in [9.17, 15) is 0 Å². The van der Waals surface area contributed by atoms with Crippen LogP contribution in [0.25, 0.3) is 77.2 Å². The number of rotatable bonds is 5. The highest BCUT2D eigenvalue weighted by atomic mass is 15.0. The highest BCUT2D eigenvalue weighted by molar-refractivity contribution is 6.14. The van der Waals surface area contributed by atoms with Crippen LogP contribution >= 0.6 is 0 Å². The number of benzene rings is 9. The van der Waals surface area contributed by atoms with Gasteiger partial charge < -0.3 is 9.13 Å². The fraction of sp³-hybridized carbons (Fsp3) is 0.0182. The van der Waals surface area contributed by atoms with Gasteiger partial charge in [0.2, 0.25) is 0 Å². The lowest BCUT2D eigenvalue weighted by atomic mass is 9.67. The van der Waals surface area contributed by atoms with Gasteiger partial charge in [-0.3, -0.25) is 0 Å². The summed E-state index contributed by atoms with van der Waals surface area (Å²) in [4.78, 5) is 0. The fourth-order valence-electron chi connectivity index (χ4n) is 9.99. The van der Waals surface area contributed by atoms with Crippen molar-refractivity contribution < 1.29 is 0 Å². The van der Waals surface area contributed by atoms with E-state index in [1.807, 2.05) is 0 Å². The van der Waals surface area contributed by atoms with Crippen LogP contribution in [0.3, 0.4) is 0 Å². The van der Waals surface area contributed by atoms with E-state index in [4.69, 9.17) is 0 Å². The third-order valence-electron chi connectivity index (χ3n) is 12.4. The number of hydrogen-bond donors (Lipinski definition) is 0. The van der Waals surface area contributed by atoms with Crippen molar-refractivity contribution in [1.82, 2.24) is 9.13 Å². The zero-order valence-corrected chi connectivity index (χ0v) is 31.2. The first-order valence-corrected chi connectivity index (χ1v) is 19.8.